The molecule has 3 rings (SSSR count). The van der Waals surface area contributed by atoms with Crippen molar-refractivity contribution in [3.05, 3.63) is 70.8 Å². The first-order chi connectivity index (χ1) is 11.9. The molecule has 2 aromatic rings. The monoisotopic (exact) mass is 346 g/mol. The standard InChI is InChI=1S/C20H20F2O3/c21-16-7-12(8-17(22)11-16)9-18(20(24)25)19(23)15-6-5-13-3-1-2-4-14(13)10-15/h1-4,7-8,11,15,18-19,23H,5-6,9-10H2,(H,24,25)/t15-,18+,19-/m1/s1. The molecule has 2 aromatic carbocycles. The van der Waals surface area contributed by atoms with E-state index in [1.165, 1.54) is 5.56 Å². The highest BCUT2D eigenvalue weighted by molar-refractivity contribution is 5.71. The van der Waals surface area contributed by atoms with Crippen molar-refractivity contribution in [3.8, 4) is 0 Å². The molecule has 0 saturated carbocycles. The molecule has 0 unspecified atom stereocenters. The van der Waals surface area contributed by atoms with Crippen LogP contribution in [-0.2, 0) is 24.1 Å². The summed E-state index contributed by atoms with van der Waals surface area (Å²) in [5, 5.41) is 20.2. The minimum Gasteiger partial charge on any atom is -0.481 e. The summed E-state index contributed by atoms with van der Waals surface area (Å²) in [6.07, 6.45) is 0.914. The van der Waals surface area contributed by atoms with Gasteiger partial charge in [-0.05, 0) is 60.4 Å². The summed E-state index contributed by atoms with van der Waals surface area (Å²) in [6.45, 7) is 0. The molecule has 0 bridgehead atoms. The molecule has 3 nitrogen and oxygen atoms in total. The van der Waals surface area contributed by atoms with Crippen molar-refractivity contribution in [3.63, 3.8) is 0 Å². The van der Waals surface area contributed by atoms with Crippen LogP contribution in [0.2, 0.25) is 0 Å². The van der Waals surface area contributed by atoms with Gasteiger partial charge in [-0.2, -0.15) is 0 Å². The molecule has 0 saturated heterocycles. The number of carboxylic acid groups (broad SMARTS) is 1. The maximum atomic E-state index is 13.4. The Labute approximate surface area is 144 Å². The van der Waals surface area contributed by atoms with Crippen molar-refractivity contribution in [1.29, 1.82) is 0 Å². The molecule has 0 amide bonds. The minimum absolute atomic E-state index is 0.108. The van der Waals surface area contributed by atoms with Crippen molar-refractivity contribution in [1.82, 2.24) is 0 Å². The number of carbonyl (C=O) groups is 1. The van der Waals surface area contributed by atoms with E-state index in [0.29, 0.717) is 12.8 Å². The van der Waals surface area contributed by atoms with Gasteiger partial charge >= 0.3 is 5.97 Å². The van der Waals surface area contributed by atoms with Gasteiger partial charge in [0.1, 0.15) is 11.6 Å². The normalized spacial score (nSPS) is 19.1. The Morgan fingerprint density at radius 1 is 1.12 bits per heavy atom. The third-order valence-electron chi connectivity index (χ3n) is 4.98. The van der Waals surface area contributed by atoms with Gasteiger partial charge in [0.25, 0.3) is 0 Å². The number of aliphatic hydroxyl groups is 1. The summed E-state index contributed by atoms with van der Waals surface area (Å²) in [5.41, 5.74) is 2.59. The lowest BCUT2D eigenvalue weighted by Crippen LogP contribution is -2.38. The number of rotatable bonds is 5. The number of fused-ring (bicyclic) bond motifs is 1. The van der Waals surface area contributed by atoms with Crippen molar-refractivity contribution in [2.75, 3.05) is 0 Å². The first-order valence-corrected chi connectivity index (χ1v) is 8.36. The van der Waals surface area contributed by atoms with E-state index in [9.17, 15) is 23.8 Å². The number of hydrogen-bond acceptors (Lipinski definition) is 2. The lowest BCUT2D eigenvalue weighted by atomic mass is 9.76. The Bertz CT molecular complexity index is 755. The van der Waals surface area contributed by atoms with E-state index >= 15 is 0 Å². The zero-order valence-corrected chi connectivity index (χ0v) is 13.7. The van der Waals surface area contributed by atoms with Crippen LogP contribution in [-0.4, -0.2) is 22.3 Å². The van der Waals surface area contributed by atoms with Gasteiger partial charge in [-0.3, -0.25) is 4.79 Å². The molecule has 0 radical (unpaired) electrons. The average molecular weight is 346 g/mol. The van der Waals surface area contributed by atoms with Crippen LogP contribution in [0.3, 0.4) is 0 Å². The van der Waals surface area contributed by atoms with E-state index in [1.54, 1.807) is 0 Å². The fourth-order valence-electron chi connectivity index (χ4n) is 3.68. The second kappa shape index (κ2) is 7.31. The number of benzene rings is 2. The Hall–Kier alpha value is -2.27. The first-order valence-electron chi connectivity index (χ1n) is 8.36. The van der Waals surface area contributed by atoms with Crippen LogP contribution >= 0.6 is 0 Å². The van der Waals surface area contributed by atoms with E-state index in [-0.39, 0.29) is 17.9 Å². The Balaban J connectivity index is 1.77. The number of carboxylic acids is 1. The summed E-state index contributed by atoms with van der Waals surface area (Å²) >= 11 is 0. The van der Waals surface area contributed by atoms with Crippen LogP contribution in [0.4, 0.5) is 8.78 Å². The Kier molecular flexibility index (Phi) is 5.13. The van der Waals surface area contributed by atoms with E-state index < -0.39 is 29.6 Å². The third kappa shape index (κ3) is 4.04. The second-order valence-corrected chi connectivity index (χ2v) is 6.69. The fourth-order valence-corrected chi connectivity index (χ4v) is 3.68. The van der Waals surface area contributed by atoms with Gasteiger partial charge in [0.05, 0.1) is 12.0 Å². The Morgan fingerprint density at radius 2 is 1.76 bits per heavy atom. The fraction of sp³-hybridized carbons (Fsp3) is 0.350. The topological polar surface area (TPSA) is 57.5 Å². The molecule has 5 heteroatoms. The number of aliphatic hydroxyl groups excluding tert-OH is 1. The highest BCUT2D eigenvalue weighted by atomic mass is 19.1. The zero-order chi connectivity index (χ0) is 18.0. The van der Waals surface area contributed by atoms with Gasteiger partial charge in [0, 0.05) is 6.07 Å². The Morgan fingerprint density at radius 3 is 2.40 bits per heavy atom. The molecule has 132 valence electrons. The molecular weight excluding hydrogens is 326 g/mol. The quantitative estimate of drug-likeness (QED) is 0.873. The molecule has 0 aromatic heterocycles. The van der Waals surface area contributed by atoms with Gasteiger partial charge in [0.15, 0.2) is 0 Å². The predicted octanol–water partition coefficient (Wildman–Crippen LogP) is 3.37. The van der Waals surface area contributed by atoms with Crippen LogP contribution in [0, 0.1) is 23.5 Å². The van der Waals surface area contributed by atoms with E-state index in [4.69, 9.17) is 0 Å². The van der Waals surface area contributed by atoms with Gasteiger partial charge in [-0.25, -0.2) is 8.78 Å². The number of halogens is 2. The van der Waals surface area contributed by atoms with Crippen LogP contribution < -0.4 is 0 Å². The van der Waals surface area contributed by atoms with Crippen LogP contribution in [0.25, 0.3) is 0 Å². The highest BCUT2D eigenvalue weighted by Crippen LogP contribution is 2.31. The number of aliphatic carboxylic acids is 1. The molecule has 0 fully saturated rings. The molecule has 0 heterocycles. The van der Waals surface area contributed by atoms with Crippen molar-refractivity contribution >= 4 is 5.97 Å². The molecule has 1 aliphatic carbocycles. The second-order valence-electron chi connectivity index (χ2n) is 6.69. The smallest absolute Gasteiger partial charge is 0.309 e. The molecule has 2 N–H and O–H groups in total. The zero-order valence-electron chi connectivity index (χ0n) is 13.7. The number of aryl methyl sites for hydroxylation is 1. The van der Waals surface area contributed by atoms with E-state index in [1.807, 2.05) is 24.3 Å². The van der Waals surface area contributed by atoms with Gasteiger partial charge < -0.3 is 10.2 Å². The lowest BCUT2D eigenvalue weighted by molar-refractivity contribution is -0.147. The molecule has 0 spiro atoms. The number of hydrogen-bond donors (Lipinski definition) is 2. The molecule has 3 atom stereocenters. The lowest BCUT2D eigenvalue weighted by Gasteiger charge is -2.31. The van der Waals surface area contributed by atoms with Crippen molar-refractivity contribution < 1.29 is 23.8 Å². The maximum absolute atomic E-state index is 13.4. The van der Waals surface area contributed by atoms with Crippen LogP contribution in [0.5, 0.6) is 0 Å². The summed E-state index contributed by atoms with van der Waals surface area (Å²) in [4.78, 5) is 11.7. The SMILES string of the molecule is O=C(O)[C@@H](Cc1cc(F)cc(F)c1)[C@H](O)[C@@H]1CCc2ccccc2C1. The minimum atomic E-state index is -1.16. The van der Waals surface area contributed by atoms with E-state index in [2.05, 4.69) is 0 Å². The largest absolute Gasteiger partial charge is 0.481 e. The molecule has 1 aliphatic rings. The summed E-state index contributed by atoms with van der Waals surface area (Å²) in [7, 11) is 0. The third-order valence-corrected chi connectivity index (χ3v) is 4.98. The summed E-state index contributed by atoms with van der Waals surface area (Å²) < 4.78 is 26.7. The van der Waals surface area contributed by atoms with E-state index in [0.717, 1.165) is 30.2 Å². The summed E-state index contributed by atoms with van der Waals surface area (Å²) in [6, 6.07) is 10.9. The van der Waals surface area contributed by atoms with Crippen molar-refractivity contribution in [2.45, 2.75) is 31.8 Å². The molecule has 25 heavy (non-hydrogen) atoms. The maximum Gasteiger partial charge on any atom is 0.309 e. The van der Waals surface area contributed by atoms with Crippen molar-refractivity contribution in [2.24, 2.45) is 11.8 Å². The van der Waals surface area contributed by atoms with Crippen LogP contribution in [0.15, 0.2) is 42.5 Å². The average Bonchev–Trinajstić information content (AvgIpc) is 2.57. The summed E-state index contributed by atoms with van der Waals surface area (Å²) in [5.74, 6) is -3.94. The molecular formula is C20H20F2O3. The van der Waals surface area contributed by atoms with Gasteiger partial charge in [-0.1, -0.05) is 24.3 Å². The first kappa shape index (κ1) is 17.5. The molecule has 0 aliphatic heterocycles. The predicted molar refractivity (Wildman–Crippen MR) is 89.2 cm³/mol. The highest BCUT2D eigenvalue weighted by Gasteiger charge is 2.34. The van der Waals surface area contributed by atoms with Gasteiger partial charge in [0.2, 0.25) is 0 Å². The van der Waals surface area contributed by atoms with Gasteiger partial charge in [-0.15, -0.1) is 0 Å². The van der Waals surface area contributed by atoms with Crippen LogP contribution in [0.1, 0.15) is 23.1 Å².